The van der Waals surface area contributed by atoms with E-state index in [2.05, 4.69) is 11.8 Å². The molecule has 1 unspecified atom stereocenters. The lowest BCUT2D eigenvalue weighted by molar-refractivity contribution is -0.127. The summed E-state index contributed by atoms with van der Waals surface area (Å²) in [5.74, 6) is 0.0908. The van der Waals surface area contributed by atoms with Crippen molar-refractivity contribution >= 4 is 11.6 Å². The molecule has 0 aliphatic rings. The zero-order chi connectivity index (χ0) is 14.4. The number of carbonyl (C=O) groups excluding carboxylic acids is 1. The lowest BCUT2D eigenvalue weighted by Crippen LogP contribution is -2.37. The molecule has 0 bridgehead atoms. The molecule has 0 aliphatic carbocycles. The molecule has 1 rings (SSSR count). The minimum absolute atomic E-state index is 0.0908. The molecule has 1 amide bonds. The van der Waals surface area contributed by atoms with Gasteiger partial charge in [0.15, 0.2) is 0 Å². The van der Waals surface area contributed by atoms with Crippen LogP contribution in [0.15, 0.2) is 24.3 Å². The van der Waals surface area contributed by atoms with E-state index < -0.39 is 6.10 Å². The molecule has 4 heteroatoms. The van der Waals surface area contributed by atoms with Gasteiger partial charge in [0.25, 0.3) is 0 Å². The monoisotopic (exact) mass is 264 g/mol. The summed E-state index contributed by atoms with van der Waals surface area (Å²) in [5, 5.41) is 9.50. The van der Waals surface area contributed by atoms with E-state index in [0.717, 1.165) is 24.2 Å². The second kappa shape index (κ2) is 7.14. The summed E-state index contributed by atoms with van der Waals surface area (Å²) >= 11 is 0. The minimum Gasteiger partial charge on any atom is -0.389 e. The van der Waals surface area contributed by atoms with Crippen molar-refractivity contribution in [2.75, 3.05) is 32.1 Å². The molecule has 0 radical (unpaired) electrons. The predicted molar refractivity (Wildman–Crippen MR) is 78.3 cm³/mol. The zero-order valence-corrected chi connectivity index (χ0v) is 12.3. The summed E-state index contributed by atoms with van der Waals surface area (Å²) in [5.41, 5.74) is 1.90. The van der Waals surface area contributed by atoms with Crippen LogP contribution in [0.25, 0.3) is 0 Å². The molecule has 0 aliphatic heterocycles. The van der Waals surface area contributed by atoms with Gasteiger partial charge < -0.3 is 14.9 Å². The van der Waals surface area contributed by atoms with E-state index in [9.17, 15) is 9.90 Å². The maximum Gasteiger partial charge on any atom is 0.241 e. The molecule has 1 atom stereocenters. The summed E-state index contributed by atoms with van der Waals surface area (Å²) in [4.78, 5) is 15.5. The third kappa shape index (κ3) is 4.56. The number of aliphatic hydroxyl groups excluding tert-OH is 1. The standard InChI is InChI=1S/C15H24N2O2/c1-5-10-17(11-15(19)16(3)4)14-8-6-13(7-9-14)12(2)18/h6-9,12,18H,5,10-11H2,1-4H3. The number of carbonyl (C=O) groups is 1. The molecule has 0 aromatic heterocycles. The molecule has 0 fully saturated rings. The fraction of sp³-hybridized carbons (Fsp3) is 0.533. The molecular formula is C15H24N2O2. The van der Waals surface area contributed by atoms with Crippen molar-refractivity contribution in [3.05, 3.63) is 29.8 Å². The molecule has 1 aromatic carbocycles. The molecule has 1 aromatic rings. The number of hydrogen-bond acceptors (Lipinski definition) is 3. The van der Waals surface area contributed by atoms with Crippen LogP contribution in [0.5, 0.6) is 0 Å². The number of benzene rings is 1. The maximum atomic E-state index is 11.8. The van der Waals surface area contributed by atoms with Gasteiger partial charge in [-0.3, -0.25) is 4.79 Å². The van der Waals surface area contributed by atoms with Gasteiger partial charge in [0, 0.05) is 26.3 Å². The first-order chi connectivity index (χ1) is 8.95. The molecule has 106 valence electrons. The Bertz CT molecular complexity index is 399. The smallest absolute Gasteiger partial charge is 0.241 e. The number of rotatable bonds is 6. The largest absolute Gasteiger partial charge is 0.389 e. The second-order valence-electron chi connectivity index (χ2n) is 4.98. The fourth-order valence-electron chi connectivity index (χ4n) is 1.84. The van der Waals surface area contributed by atoms with Crippen molar-refractivity contribution in [2.24, 2.45) is 0 Å². The molecule has 0 spiro atoms. The molecule has 4 nitrogen and oxygen atoms in total. The Hall–Kier alpha value is -1.55. The Kier molecular flexibility index (Phi) is 5.83. The molecule has 19 heavy (non-hydrogen) atoms. The number of amides is 1. The molecule has 0 saturated carbocycles. The highest BCUT2D eigenvalue weighted by molar-refractivity contribution is 5.81. The average Bonchev–Trinajstić information content (AvgIpc) is 2.38. The lowest BCUT2D eigenvalue weighted by atomic mass is 10.1. The highest BCUT2D eigenvalue weighted by Crippen LogP contribution is 2.19. The van der Waals surface area contributed by atoms with Crippen LogP contribution in [0.1, 0.15) is 31.9 Å². The van der Waals surface area contributed by atoms with Crippen LogP contribution in [0.4, 0.5) is 5.69 Å². The Morgan fingerprint density at radius 1 is 1.26 bits per heavy atom. The van der Waals surface area contributed by atoms with Gasteiger partial charge in [-0.2, -0.15) is 0 Å². The van der Waals surface area contributed by atoms with Gasteiger partial charge in [-0.05, 0) is 31.0 Å². The molecular weight excluding hydrogens is 240 g/mol. The number of anilines is 1. The normalized spacial score (nSPS) is 12.1. The number of likely N-dealkylation sites (N-methyl/N-ethyl adjacent to an activating group) is 1. The first-order valence-corrected chi connectivity index (χ1v) is 6.68. The Morgan fingerprint density at radius 2 is 1.84 bits per heavy atom. The van der Waals surface area contributed by atoms with Crippen LogP contribution in [-0.4, -0.2) is 43.1 Å². The van der Waals surface area contributed by atoms with E-state index in [-0.39, 0.29) is 5.91 Å². The van der Waals surface area contributed by atoms with Gasteiger partial charge >= 0.3 is 0 Å². The molecule has 1 N–H and O–H groups in total. The quantitative estimate of drug-likeness (QED) is 0.855. The van der Waals surface area contributed by atoms with E-state index in [1.807, 2.05) is 24.3 Å². The van der Waals surface area contributed by atoms with Gasteiger partial charge in [0.1, 0.15) is 0 Å². The van der Waals surface area contributed by atoms with Crippen LogP contribution in [0.2, 0.25) is 0 Å². The highest BCUT2D eigenvalue weighted by Gasteiger charge is 2.12. The van der Waals surface area contributed by atoms with Gasteiger partial charge in [0.2, 0.25) is 5.91 Å². The molecule has 0 heterocycles. The van der Waals surface area contributed by atoms with Crippen LogP contribution >= 0.6 is 0 Å². The predicted octanol–water partition coefficient (Wildman–Crippen LogP) is 2.04. The van der Waals surface area contributed by atoms with Crippen molar-refractivity contribution in [2.45, 2.75) is 26.4 Å². The summed E-state index contributed by atoms with van der Waals surface area (Å²) < 4.78 is 0. The number of hydrogen-bond donors (Lipinski definition) is 1. The van der Waals surface area contributed by atoms with Gasteiger partial charge in [-0.15, -0.1) is 0 Å². The summed E-state index contributed by atoms with van der Waals surface area (Å²) in [7, 11) is 3.53. The molecule has 0 saturated heterocycles. The van der Waals surface area contributed by atoms with Crippen molar-refractivity contribution in [3.8, 4) is 0 Å². The SMILES string of the molecule is CCCN(CC(=O)N(C)C)c1ccc(C(C)O)cc1. The van der Waals surface area contributed by atoms with Gasteiger partial charge in [-0.1, -0.05) is 19.1 Å². The van der Waals surface area contributed by atoms with Crippen LogP contribution in [-0.2, 0) is 4.79 Å². The zero-order valence-electron chi connectivity index (χ0n) is 12.3. The van der Waals surface area contributed by atoms with E-state index in [4.69, 9.17) is 0 Å². The number of nitrogens with zero attached hydrogens (tertiary/aromatic N) is 2. The van der Waals surface area contributed by atoms with Crippen LogP contribution in [0.3, 0.4) is 0 Å². The average molecular weight is 264 g/mol. The fourth-order valence-corrected chi connectivity index (χ4v) is 1.84. The first kappa shape index (κ1) is 15.5. The third-order valence-corrected chi connectivity index (χ3v) is 3.06. The highest BCUT2D eigenvalue weighted by atomic mass is 16.3. The van der Waals surface area contributed by atoms with E-state index in [1.165, 1.54) is 0 Å². The minimum atomic E-state index is -0.461. The van der Waals surface area contributed by atoms with Gasteiger partial charge in [-0.25, -0.2) is 0 Å². The maximum absolute atomic E-state index is 11.8. The van der Waals surface area contributed by atoms with E-state index >= 15 is 0 Å². The third-order valence-electron chi connectivity index (χ3n) is 3.06. The lowest BCUT2D eigenvalue weighted by Gasteiger charge is -2.25. The van der Waals surface area contributed by atoms with Crippen molar-refractivity contribution < 1.29 is 9.90 Å². The van der Waals surface area contributed by atoms with Gasteiger partial charge in [0.05, 0.1) is 12.6 Å². The van der Waals surface area contributed by atoms with E-state index in [0.29, 0.717) is 6.54 Å². The van der Waals surface area contributed by atoms with Crippen LogP contribution in [0, 0.1) is 0 Å². The van der Waals surface area contributed by atoms with Crippen molar-refractivity contribution in [1.82, 2.24) is 4.90 Å². The summed E-state index contributed by atoms with van der Waals surface area (Å²) in [6.07, 6.45) is 0.524. The second-order valence-corrected chi connectivity index (χ2v) is 4.98. The topological polar surface area (TPSA) is 43.8 Å². The summed E-state index contributed by atoms with van der Waals surface area (Å²) in [6, 6.07) is 7.73. The van der Waals surface area contributed by atoms with Crippen LogP contribution < -0.4 is 4.90 Å². The Labute approximate surface area is 115 Å². The summed E-state index contributed by atoms with van der Waals surface area (Å²) in [6.45, 7) is 5.06. The van der Waals surface area contributed by atoms with Crippen molar-refractivity contribution in [1.29, 1.82) is 0 Å². The Morgan fingerprint density at radius 3 is 2.26 bits per heavy atom. The Balaban J connectivity index is 2.83. The van der Waals surface area contributed by atoms with E-state index in [1.54, 1.807) is 25.9 Å². The number of aliphatic hydroxyl groups is 1. The van der Waals surface area contributed by atoms with Crippen molar-refractivity contribution in [3.63, 3.8) is 0 Å². The first-order valence-electron chi connectivity index (χ1n) is 6.68.